The van der Waals surface area contributed by atoms with Gasteiger partial charge in [0.05, 0.1) is 0 Å². The number of allylic oxidation sites excluding steroid dienone is 2. The van der Waals surface area contributed by atoms with Crippen LogP contribution in [0.15, 0.2) is 36.4 Å². The van der Waals surface area contributed by atoms with Crippen molar-refractivity contribution in [3.8, 4) is 0 Å². The van der Waals surface area contributed by atoms with Crippen LogP contribution in [0.4, 0.5) is 0 Å². The Kier molecular flexibility index (Phi) is 2.77. The first-order valence-electron chi connectivity index (χ1n) is 5.05. The van der Waals surface area contributed by atoms with Crippen LogP contribution in [0.2, 0.25) is 0 Å². The first kappa shape index (κ1) is 9.96. The average Bonchev–Trinajstić information content (AvgIpc) is 2.56. The second-order valence-corrected chi connectivity index (χ2v) is 3.99. The van der Waals surface area contributed by atoms with E-state index in [-0.39, 0.29) is 18.9 Å². The summed E-state index contributed by atoms with van der Waals surface area (Å²) < 4.78 is 0. The molecule has 0 N–H and O–H groups in total. The van der Waals surface area contributed by atoms with Gasteiger partial charge in [-0.05, 0) is 12.3 Å². The molecule has 1 heteroatoms. The molecule has 3 rings (SSSR count). The molecule has 2 atom stereocenters. The molecule has 1 aromatic carbocycles. The van der Waals surface area contributed by atoms with Gasteiger partial charge in [0.2, 0.25) is 0 Å². The summed E-state index contributed by atoms with van der Waals surface area (Å²) in [6.07, 6.45) is 9.75. The molecule has 0 amide bonds. The van der Waals surface area contributed by atoms with E-state index in [9.17, 15) is 0 Å². The molecule has 14 heavy (non-hydrogen) atoms. The van der Waals surface area contributed by atoms with Crippen molar-refractivity contribution in [3.05, 3.63) is 54.0 Å². The van der Waals surface area contributed by atoms with Crippen LogP contribution >= 0.6 is 0 Å². The summed E-state index contributed by atoms with van der Waals surface area (Å²) in [7, 11) is 0. The number of fused-ring (bicyclic) bond motifs is 3. The van der Waals surface area contributed by atoms with E-state index >= 15 is 0 Å². The summed E-state index contributed by atoms with van der Waals surface area (Å²) in [5.74, 6) is 1.47. The fourth-order valence-corrected chi connectivity index (χ4v) is 2.57. The van der Waals surface area contributed by atoms with Gasteiger partial charge in [0.1, 0.15) is 0 Å². The molecule has 0 saturated carbocycles. The van der Waals surface area contributed by atoms with E-state index in [1.54, 1.807) is 0 Å². The molecule has 0 spiro atoms. The Hall–Kier alpha value is -0.573. The van der Waals surface area contributed by atoms with Gasteiger partial charge in [-0.1, -0.05) is 30.6 Å². The van der Waals surface area contributed by atoms with Gasteiger partial charge in [0.15, 0.2) is 0 Å². The van der Waals surface area contributed by atoms with Crippen molar-refractivity contribution in [2.24, 2.45) is 5.92 Å². The molecule has 0 aromatic heterocycles. The van der Waals surface area contributed by atoms with Crippen LogP contribution < -0.4 is 18.9 Å². The van der Waals surface area contributed by atoms with Gasteiger partial charge in [-0.2, -0.15) is 18.1 Å². The van der Waals surface area contributed by atoms with Crippen molar-refractivity contribution in [2.45, 2.75) is 18.8 Å². The summed E-state index contributed by atoms with van der Waals surface area (Å²) >= 11 is 0. The fraction of sp³-hybridized carbons (Fsp3) is 0.308. The third-order valence-corrected chi connectivity index (χ3v) is 3.22. The van der Waals surface area contributed by atoms with Gasteiger partial charge >= 0.3 is 18.9 Å². The van der Waals surface area contributed by atoms with Crippen molar-refractivity contribution in [1.82, 2.24) is 0 Å². The molecule has 0 heterocycles. The van der Waals surface area contributed by atoms with Gasteiger partial charge in [0, 0.05) is 0 Å². The monoisotopic (exact) mass is 176 g/mol. The minimum absolute atomic E-state index is 0. The molecule has 2 aliphatic rings. The Morgan fingerprint density at radius 3 is 3.00 bits per heavy atom. The zero-order valence-electron chi connectivity index (χ0n) is 8.61. The second-order valence-electron chi connectivity index (χ2n) is 3.99. The molecule has 0 bridgehead atoms. The standard InChI is InChI=1S/C13H13.Li/c1-3-7-12-10(5-1)9-11-6-2-4-8-13(11)12;/h1,3-5,7-9,11,13H,2,6H2;/q-1;+1. The first-order valence-corrected chi connectivity index (χ1v) is 5.05. The van der Waals surface area contributed by atoms with E-state index in [0.29, 0.717) is 5.92 Å². The smallest absolute Gasteiger partial charge is 0.188 e. The summed E-state index contributed by atoms with van der Waals surface area (Å²) in [6, 6.07) is 8.79. The van der Waals surface area contributed by atoms with Crippen LogP contribution in [0.5, 0.6) is 0 Å². The van der Waals surface area contributed by atoms with Crippen molar-refractivity contribution >= 4 is 0 Å². The number of hydrogen-bond donors (Lipinski definition) is 0. The van der Waals surface area contributed by atoms with E-state index in [2.05, 4.69) is 42.8 Å². The van der Waals surface area contributed by atoms with Crippen LogP contribution in [0.1, 0.15) is 29.9 Å². The molecule has 0 nitrogen and oxygen atoms in total. The van der Waals surface area contributed by atoms with Crippen LogP contribution in [0.25, 0.3) is 0 Å². The maximum atomic E-state index is 2.45. The number of hydrogen-bond acceptors (Lipinski definition) is 0. The Morgan fingerprint density at radius 1 is 1.21 bits per heavy atom. The predicted molar refractivity (Wildman–Crippen MR) is 54.4 cm³/mol. The molecule has 2 aliphatic carbocycles. The van der Waals surface area contributed by atoms with Crippen molar-refractivity contribution in [3.63, 3.8) is 0 Å². The largest absolute Gasteiger partial charge is 1.00 e. The van der Waals surface area contributed by atoms with Crippen LogP contribution in [0, 0.1) is 12.3 Å². The quantitative estimate of drug-likeness (QED) is 0.303. The second kappa shape index (κ2) is 3.89. The summed E-state index contributed by atoms with van der Waals surface area (Å²) in [6.45, 7) is 0. The number of benzene rings is 1. The van der Waals surface area contributed by atoms with Gasteiger partial charge in [-0.25, -0.2) is 0 Å². The predicted octanol–water partition coefficient (Wildman–Crippen LogP) is 0.306. The molecule has 66 valence electrons. The van der Waals surface area contributed by atoms with Gasteiger partial charge in [-0.15, -0.1) is 17.7 Å². The fourth-order valence-electron chi connectivity index (χ4n) is 2.57. The summed E-state index contributed by atoms with van der Waals surface area (Å²) in [4.78, 5) is 0. The van der Waals surface area contributed by atoms with E-state index in [0.717, 1.165) is 5.92 Å². The van der Waals surface area contributed by atoms with Crippen molar-refractivity contribution in [2.75, 3.05) is 0 Å². The third kappa shape index (κ3) is 1.43. The zero-order valence-corrected chi connectivity index (χ0v) is 8.61. The van der Waals surface area contributed by atoms with E-state index < -0.39 is 0 Å². The molecule has 0 aliphatic heterocycles. The van der Waals surface area contributed by atoms with Gasteiger partial charge in [0.25, 0.3) is 0 Å². The molecular formula is C13H13Li. The first-order chi connectivity index (χ1) is 6.45. The van der Waals surface area contributed by atoms with E-state index in [4.69, 9.17) is 0 Å². The molecular weight excluding hydrogens is 163 g/mol. The van der Waals surface area contributed by atoms with Gasteiger partial charge in [-0.3, -0.25) is 0 Å². The molecule has 0 radical (unpaired) electrons. The van der Waals surface area contributed by atoms with Crippen LogP contribution in [-0.4, -0.2) is 0 Å². The minimum Gasteiger partial charge on any atom is -0.188 e. The molecule has 1 aromatic rings. The summed E-state index contributed by atoms with van der Waals surface area (Å²) in [5.41, 5.74) is 2.99. The van der Waals surface area contributed by atoms with Crippen molar-refractivity contribution < 1.29 is 18.9 Å². The molecule has 0 saturated heterocycles. The normalized spacial score (nSPS) is 27.1. The Labute approximate surface area is 97.6 Å². The maximum Gasteiger partial charge on any atom is 1.00 e. The SMILES string of the molecule is C1=CC2c3ccccc3[CH-]C2CC1.[Li+]. The van der Waals surface area contributed by atoms with Crippen molar-refractivity contribution in [1.29, 1.82) is 0 Å². The van der Waals surface area contributed by atoms with Crippen LogP contribution in [-0.2, 0) is 0 Å². The minimum atomic E-state index is 0. The Balaban J connectivity index is 0.000000750. The number of rotatable bonds is 0. The molecule has 2 unspecified atom stereocenters. The van der Waals surface area contributed by atoms with E-state index in [1.807, 2.05) is 0 Å². The zero-order chi connectivity index (χ0) is 8.67. The average molecular weight is 176 g/mol. The van der Waals surface area contributed by atoms with Crippen LogP contribution in [0.3, 0.4) is 0 Å². The van der Waals surface area contributed by atoms with Gasteiger partial charge < -0.3 is 0 Å². The summed E-state index contributed by atoms with van der Waals surface area (Å²) in [5, 5.41) is 0. The maximum absolute atomic E-state index is 2.45. The Bertz CT molecular complexity index is 354. The van der Waals surface area contributed by atoms with E-state index in [1.165, 1.54) is 24.0 Å². The molecule has 0 fully saturated rings. The topological polar surface area (TPSA) is 0 Å². The Morgan fingerprint density at radius 2 is 2.07 bits per heavy atom. The third-order valence-electron chi connectivity index (χ3n) is 3.22.